The van der Waals surface area contributed by atoms with E-state index in [1.165, 1.54) is 28.1 Å². The van der Waals surface area contributed by atoms with E-state index in [-0.39, 0.29) is 0 Å². The molecule has 1 aliphatic heterocycles. The highest BCUT2D eigenvalue weighted by Crippen LogP contribution is 2.36. The molecule has 0 radical (unpaired) electrons. The van der Waals surface area contributed by atoms with E-state index < -0.39 is 0 Å². The summed E-state index contributed by atoms with van der Waals surface area (Å²) in [6, 6.07) is 17.5. The van der Waals surface area contributed by atoms with Gasteiger partial charge < -0.3 is 9.80 Å². The van der Waals surface area contributed by atoms with E-state index in [0.717, 1.165) is 25.9 Å². The Kier molecular flexibility index (Phi) is 4.30. The second-order valence-corrected chi connectivity index (χ2v) is 6.33. The van der Waals surface area contributed by atoms with Gasteiger partial charge in [0.1, 0.15) is 0 Å². The number of benzene rings is 2. The van der Waals surface area contributed by atoms with Crippen LogP contribution in [0.3, 0.4) is 0 Å². The van der Waals surface area contributed by atoms with E-state index in [4.69, 9.17) is 0 Å². The van der Waals surface area contributed by atoms with Crippen molar-refractivity contribution < 1.29 is 0 Å². The molecule has 0 fully saturated rings. The van der Waals surface area contributed by atoms with Crippen LogP contribution in [-0.4, -0.2) is 32.1 Å². The molecule has 2 nitrogen and oxygen atoms in total. The lowest BCUT2D eigenvalue weighted by Gasteiger charge is -2.28. The number of fused-ring (bicyclic) bond motifs is 2. The Morgan fingerprint density at radius 3 is 1.95 bits per heavy atom. The van der Waals surface area contributed by atoms with E-state index in [9.17, 15) is 0 Å². The van der Waals surface area contributed by atoms with Crippen molar-refractivity contribution in [1.82, 2.24) is 4.90 Å². The van der Waals surface area contributed by atoms with Crippen LogP contribution in [0.25, 0.3) is 0 Å². The lowest BCUT2D eigenvalue weighted by Crippen LogP contribution is -2.25. The first-order valence-electron chi connectivity index (χ1n) is 7.90. The van der Waals surface area contributed by atoms with Crippen molar-refractivity contribution in [3.05, 3.63) is 71.8 Å². The van der Waals surface area contributed by atoms with Gasteiger partial charge in [0.05, 0.1) is 0 Å². The molecule has 114 valence electrons. The van der Waals surface area contributed by atoms with Crippen molar-refractivity contribution in [2.75, 3.05) is 32.1 Å². The van der Waals surface area contributed by atoms with Crippen LogP contribution in [0.2, 0.25) is 0 Å². The quantitative estimate of drug-likeness (QED) is 0.785. The molecule has 1 aliphatic rings. The van der Waals surface area contributed by atoms with Gasteiger partial charge in [0.2, 0.25) is 0 Å². The fourth-order valence-corrected chi connectivity index (χ4v) is 3.26. The molecule has 0 aromatic heterocycles. The molecule has 0 bridgehead atoms. The minimum absolute atomic E-state index is 0.867. The van der Waals surface area contributed by atoms with Gasteiger partial charge in [0, 0.05) is 24.5 Å². The van der Waals surface area contributed by atoms with Gasteiger partial charge in [-0.3, -0.25) is 0 Å². The second-order valence-electron chi connectivity index (χ2n) is 6.33. The van der Waals surface area contributed by atoms with Crippen molar-refractivity contribution in [1.29, 1.82) is 0 Å². The summed E-state index contributed by atoms with van der Waals surface area (Å²) in [5.74, 6) is 0. The van der Waals surface area contributed by atoms with E-state index in [2.05, 4.69) is 79.0 Å². The standard InChI is InChI=1S/C20H24N2/c1-16(14-21(2)3)15-22-19-10-6-4-8-17(19)12-13-18-9-5-7-11-20(18)22/h4-11H,1,12-15H2,2-3H3. The zero-order chi connectivity index (χ0) is 15.5. The number of anilines is 2. The number of nitrogens with zero attached hydrogens (tertiary/aromatic N) is 2. The summed E-state index contributed by atoms with van der Waals surface area (Å²) in [6.07, 6.45) is 2.20. The van der Waals surface area contributed by atoms with Crippen molar-refractivity contribution in [3.8, 4) is 0 Å². The van der Waals surface area contributed by atoms with Crippen LogP contribution in [0.5, 0.6) is 0 Å². The molecule has 22 heavy (non-hydrogen) atoms. The van der Waals surface area contributed by atoms with E-state index in [0.29, 0.717) is 0 Å². The normalized spacial score (nSPS) is 13.5. The maximum Gasteiger partial charge on any atom is 0.0451 e. The Balaban J connectivity index is 2.00. The monoisotopic (exact) mass is 292 g/mol. The predicted octanol–water partition coefficient (Wildman–Crippen LogP) is 4.04. The lowest BCUT2D eigenvalue weighted by molar-refractivity contribution is 0.443. The molecule has 0 amide bonds. The molecule has 0 aliphatic carbocycles. The first-order valence-corrected chi connectivity index (χ1v) is 7.90. The Bertz CT molecular complexity index is 625. The van der Waals surface area contributed by atoms with Crippen molar-refractivity contribution >= 4 is 11.4 Å². The molecule has 0 saturated carbocycles. The summed E-state index contributed by atoms with van der Waals surface area (Å²) < 4.78 is 0. The lowest BCUT2D eigenvalue weighted by atomic mass is 10.0. The number of hydrogen-bond donors (Lipinski definition) is 0. The smallest absolute Gasteiger partial charge is 0.0451 e. The summed E-state index contributed by atoms with van der Waals surface area (Å²) in [5, 5.41) is 0. The van der Waals surface area contributed by atoms with Gasteiger partial charge in [0.25, 0.3) is 0 Å². The van der Waals surface area contributed by atoms with Gasteiger partial charge in [-0.1, -0.05) is 43.0 Å². The third kappa shape index (κ3) is 3.07. The summed E-state index contributed by atoms with van der Waals surface area (Å²) in [6.45, 7) is 6.07. The first kappa shape index (κ1) is 14.9. The zero-order valence-corrected chi connectivity index (χ0v) is 13.5. The first-order chi connectivity index (χ1) is 10.6. The molecule has 0 atom stereocenters. The predicted molar refractivity (Wildman–Crippen MR) is 95.0 cm³/mol. The summed E-state index contributed by atoms with van der Waals surface area (Å²) in [5.41, 5.74) is 6.74. The van der Waals surface area contributed by atoms with Crippen LogP contribution in [0, 0.1) is 0 Å². The van der Waals surface area contributed by atoms with Gasteiger partial charge in [-0.05, 0) is 55.8 Å². The Hall–Kier alpha value is -2.06. The van der Waals surface area contributed by atoms with Crippen molar-refractivity contribution in [2.45, 2.75) is 12.8 Å². The highest BCUT2D eigenvalue weighted by atomic mass is 15.2. The van der Waals surface area contributed by atoms with Gasteiger partial charge in [-0.2, -0.15) is 0 Å². The molecule has 0 spiro atoms. The Labute approximate surface area is 133 Å². The zero-order valence-electron chi connectivity index (χ0n) is 13.5. The van der Waals surface area contributed by atoms with E-state index in [1.807, 2.05) is 0 Å². The number of hydrogen-bond acceptors (Lipinski definition) is 2. The highest BCUT2D eigenvalue weighted by molar-refractivity contribution is 5.71. The molecule has 0 N–H and O–H groups in total. The molecule has 1 heterocycles. The molecule has 2 aromatic rings. The van der Waals surface area contributed by atoms with Gasteiger partial charge in [-0.15, -0.1) is 0 Å². The van der Waals surface area contributed by atoms with Crippen LogP contribution in [0.1, 0.15) is 11.1 Å². The Morgan fingerprint density at radius 1 is 0.955 bits per heavy atom. The molecule has 2 aromatic carbocycles. The number of aryl methyl sites for hydroxylation is 2. The van der Waals surface area contributed by atoms with Crippen LogP contribution < -0.4 is 4.90 Å². The fraction of sp³-hybridized carbons (Fsp3) is 0.300. The average Bonchev–Trinajstić information content (AvgIpc) is 2.65. The molecule has 2 heteroatoms. The molecular formula is C20H24N2. The molecule has 0 saturated heterocycles. The largest absolute Gasteiger partial charge is 0.337 e. The minimum atomic E-state index is 0.867. The average molecular weight is 292 g/mol. The van der Waals surface area contributed by atoms with Crippen LogP contribution >= 0.6 is 0 Å². The number of para-hydroxylation sites is 2. The second kappa shape index (κ2) is 6.37. The highest BCUT2D eigenvalue weighted by Gasteiger charge is 2.20. The van der Waals surface area contributed by atoms with Crippen LogP contribution in [0.15, 0.2) is 60.7 Å². The third-order valence-electron chi connectivity index (χ3n) is 4.15. The van der Waals surface area contributed by atoms with Crippen molar-refractivity contribution in [3.63, 3.8) is 0 Å². The minimum Gasteiger partial charge on any atom is -0.337 e. The van der Waals surface area contributed by atoms with Gasteiger partial charge >= 0.3 is 0 Å². The SMILES string of the molecule is C=C(CN(C)C)CN1c2ccccc2CCc2ccccc21. The van der Waals surface area contributed by atoms with Crippen molar-refractivity contribution in [2.24, 2.45) is 0 Å². The van der Waals surface area contributed by atoms with E-state index >= 15 is 0 Å². The van der Waals surface area contributed by atoms with Crippen LogP contribution in [0.4, 0.5) is 11.4 Å². The van der Waals surface area contributed by atoms with Gasteiger partial charge in [-0.25, -0.2) is 0 Å². The van der Waals surface area contributed by atoms with Crippen LogP contribution in [-0.2, 0) is 12.8 Å². The summed E-state index contributed by atoms with van der Waals surface area (Å²) >= 11 is 0. The molecular weight excluding hydrogens is 268 g/mol. The van der Waals surface area contributed by atoms with Gasteiger partial charge in [0.15, 0.2) is 0 Å². The molecule has 3 rings (SSSR count). The number of likely N-dealkylation sites (N-methyl/N-ethyl adjacent to an activating group) is 1. The number of rotatable bonds is 4. The van der Waals surface area contributed by atoms with E-state index in [1.54, 1.807) is 0 Å². The summed E-state index contributed by atoms with van der Waals surface area (Å²) in [7, 11) is 4.19. The maximum absolute atomic E-state index is 4.28. The third-order valence-corrected chi connectivity index (χ3v) is 4.15. The topological polar surface area (TPSA) is 6.48 Å². The fourth-order valence-electron chi connectivity index (χ4n) is 3.26. The molecule has 0 unspecified atom stereocenters. The summed E-state index contributed by atoms with van der Waals surface area (Å²) in [4.78, 5) is 4.61. The Morgan fingerprint density at radius 2 is 1.45 bits per heavy atom. The maximum atomic E-state index is 4.28.